The van der Waals surface area contributed by atoms with Crippen LogP contribution in [0.15, 0.2) is 146 Å². The summed E-state index contributed by atoms with van der Waals surface area (Å²) in [7, 11) is 0. The van der Waals surface area contributed by atoms with Crippen molar-refractivity contribution < 1.29 is 28.6 Å². The van der Waals surface area contributed by atoms with Crippen molar-refractivity contribution in [2.75, 3.05) is 13.2 Å². The summed E-state index contributed by atoms with van der Waals surface area (Å²) in [5.41, 5.74) is 0. The van der Waals surface area contributed by atoms with Crippen LogP contribution in [-0.2, 0) is 28.6 Å². The predicted octanol–water partition coefficient (Wildman–Crippen LogP) is 18.4. The summed E-state index contributed by atoms with van der Waals surface area (Å²) < 4.78 is 16.7. The smallest absolute Gasteiger partial charge is 0.306 e. The Labute approximate surface area is 423 Å². The van der Waals surface area contributed by atoms with Gasteiger partial charge in [0.2, 0.25) is 0 Å². The average Bonchev–Trinajstić information content (AvgIpc) is 3.35. The van der Waals surface area contributed by atoms with Crippen LogP contribution >= 0.6 is 0 Å². The number of rotatable bonds is 47. The van der Waals surface area contributed by atoms with E-state index in [-0.39, 0.29) is 38.0 Å². The SMILES string of the molecule is CC/C=C\C/C=C\C/C=C\C/C=C\C/C=C\C/C=C\CCC(=O)OC[C@@H](COC(=O)CCCCCCC/C=C\CCCCCCCC)OC(=O)CCC/C=C\C/C=C\C/C=C\C/C=C\C/C=C\CC. The van der Waals surface area contributed by atoms with Gasteiger partial charge in [0.15, 0.2) is 6.10 Å². The van der Waals surface area contributed by atoms with E-state index in [1.165, 1.54) is 51.4 Å². The minimum absolute atomic E-state index is 0.134. The average molecular weight is 951 g/mol. The van der Waals surface area contributed by atoms with E-state index in [1.807, 2.05) is 12.2 Å². The van der Waals surface area contributed by atoms with Crippen LogP contribution in [0.1, 0.15) is 213 Å². The van der Waals surface area contributed by atoms with E-state index in [0.29, 0.717) is 19.3 Å². The molecular formula is C63H98O6. The quantitative estimate of drug-likeness (QED) is 0.0262. The zero-order valence-corrected chi connectivity index (χ0v) is 44.0. The largest absolute Gasteiger partial charge is 0.462 e. The maximum Gasteiger partial charge on any atom is 0.306 e. The molecule has 386 valence electrons. The fourth-order valence-electron chi connectivity index (χ4n) is 6.79. The Kier molecular flexibility index (Phi) is 52.1. The highest BCUT2D eigenvalue weighted by molar-refractivity contribution is 5.71. The summed E-state index contributed by atoms with van der Waals surface area (Å²) in [6.07, 6.45) is 79.9. The number of hydrogen-bond acceptors (Lipinski definition) is 6. The molecule has 1 atom stereocenters. The summed E-state index contributed by atoms with van der Waals surface area (Å²) >= 11 is 0. The molecule has 69 heavy (non-hydrogen) atoms. The fourth-order valence-corrected chi connectivity index (χ4v) is 6.79. The molecule has 0 aromatic carbocycles. The molecule has 0 aliphatic carbocycles. The Morgan fingerprint density at radius 1 is 0.304 bits per heavy atom. The third-order valence-corrected chi connectivity index (χ3v) is 10.8. The minimum Gasteiger partial charge on any atom is -0.462 e. The van der Waals surface area contributed by atoms with Gasteiger partial charge in [-0.1, -0.05) is 218 Å². The second-order valence-electron chi connectivity index (χ2n) is 17.4. The monoisotopic (exact) mass is 951 g/mol. The van der Waals surface area contributed by atoms with Gasteiger partial charge in [-0.25, -0.2) is 0 Å². The van der Waals surface area contributed by atoms with Crippen LogP contribution in [0.3, 0.4) is 0 Å². The summed E-state index contributed by atoms with van der Waals surface area (Å²) in [6, 6.07) is 0. The zero-order valence-electron chi connectivity index (χ0n) is 44.0. The Balaban J connectivity index is 4.63. The van der Waals surface area contributed by atoms with Gasteiger partial charge < -0.3 is 14.2 Å². The summed E-state index contributed by atoms with van der Waals surface area (Å²) in [5.74, 6) is -1.10. The number of carbonyl (C=O) groups is 3. The first-order valence-corrected chi connectivity index (χ1v) is 27.3. The second-order valence-corrected chi connectivity index (χ2v) is 17.4. The Morgan fingerprint density at radius 2 is 0.609 bits per heavy atom. The van der Waals surface area contributed by atoms with Gasteiger partial charge >= 0.3 is 17.9 Å². The number of allylic oxidation sites excluding steroid dienone is 24. The number of unbranched alkanes of at least 4 members (excludes halogenated alkanes) is 12. The van der Waals surface area contributed by atoms with Crippen molar-refractivity contribution in [1.29, 1.82) is 0 Å². The molecule has 0 bridgehead atoms. The predicted molar refractivity (Wildman–Crippen MR) is 297 cm³/mol. The maximum atomic E-state index is 12.8. The molecule has 0 aromatic rings. The van der Waals surface area contributed by atoms with Crippen molar-refractivity contribution in [1.82, 2.24) is 0 Å². The molecule has 0 radical (unpaired) electrons. The van der Waals surface area contributed by atoms with Gasteiger partial charge in [-0.2, -0.15) is 0 Å². The number of ether oxygens (including phenoxy) is 3. The zero-order chi connectivity index (χ0) is 50.0. The van der Waals surface area contributed by atoms with Crippen LogP contribution in [0.5, 0.6) is 0 Å². The van der Waals surface area contributed by atoms with E-state index in [1.54, 1.807) is 0 Å². The highest BCUT2D eigenvalue weighted by atomic mass is 16.6. The molecule has 0 aliphatic rings. The standard InChI is InChI=1S/C63H98O6/c1-4-7-10-13-16-19-22-25-28-30-31-33-35-38-41-44-47-50-53-56-62(65)68-59-60(58-67-61(64)55-52-49-46-43-40-37-34-27-24-21-18-15-12-9-6-3)69-63(66)57-54-51-48-45-42-39-36-32-29-26-23-20-17-14-11-8-5-2/h7-8,10-11,16-17,19-20,25-29,31,33-34,36,38-39,41,45,47-48,50,60H,4-6,9,12-15,18,21-24,30,32,35,37,40,42-44,46,49,51-59H2,1-3H3/b10-7-,11-8-,19-16-,20-17-,28-25-,29-26-,33-31-,34-27-,39-36-,41-38-,48-45-,50-47-/t60-/m1/s1. The first-order chi connectivity index (χ1) is 34.0. The van der Waals surface area contributed by atoms with Crippen molar-refractivity contribution >= 4 is 17.9 Å². The van der Waals surface area contributed by atoms with Gasteiger partial charge in [-0.05, 0) is 122 Å². The lowest BCUT2D eigenvalue weighted by molar-refractivity contribution is -0.166. The number of esters is 3. The Hall–Kier alpha value is -4.71. The van der Waals surface area contributed by atoms with Crippen LogP contribution in [0.4, 0.5) is 0 Å². The lowest BCUT2D eigenvalue weighted by atomic mass is 10.1. The van der Waals surface area contributed by atoms with E-state index < -0.39 is 12.1 Å². The van der Waals surface area contributed by atoms with Crippen LogP contribution in [0.25, 0.3) is 0 Å². The molecule has 0 heterocycles. The van der Waals surface area contributed by atoms with E-state index >= 15 is 0 Å². The Bertz CT molecular complexity index is 1560. The molecule has 0 amide bonds. The van der Waals surface area contributed by atoms with Crippen molar-refractivity contribution in [3.8, 4) is 0 Å². The molecule has 6 nitrogen and oxygen atoms in total. The maximum absolute atomic E-state index is 12.8. The minimum atomic E-state index is -0.848. The van der Waals surface area contributed by atoms with Crippen molar-refractivity contribution in [2.24, 2.45) is 0 Å². The number of carbonyl (C=O) groups excluding carboxylic acids is 3. The molecule has 0 aromatic heterocycles. The lowest BCUT2D eigenvalue weighted by Crippen LogP contribution is -2.30. The highest BCUT2D eigenvalue weighted by Crippen LogP contribution is 2.12. The van der Waals surface area contributed by atoms with E-state index in [0.717, 1.165) is 109 Å². The van der Waals surface area contributed by atoms with Crippen molar-refractivity contribution in [3.63, 3.8) is 0 Å². The van der Waals surface area contributed by atoms with Crippen molar-refractivity contribution in [2.45, 2.75) is 219 Å². The van der Waals surface area contributed by atoms with E-state index in [9.17, 15) is 14.4 Å². The molecule has 0 saturated carbocycles. The van der Waals surface area contributed by atoms with E-state index in [2.05, 4.69) is 154 Å². The first-order valence-electron chi connectivity index (χ1n) is 27.3. The van der Waals surface area contributed by atoms with Crippen LogP contribution in [0.2, 0.25) is 0 Å². The highest BCUT2D eigenvalue weighted by Gasteiger charge is 2.19. The molecular weight excluding hydrogens is 853 g/mol. The third kappa shape index (κ3) is 54.1. The van der Waals surface area contributed by atoms with Crippen LogP contribution in [-0.4, -0.2) is 37.2 Å². The summed E-state index contributed by atoms with van der Waals surface area (Å²) in [5, 5.41) is 0. The topological polar surface area (TPSA) is 78.9 Å². The van der Waals surface area contributed by atoms with Gasteiger partial charge in [-0.3, -0.25) is 14.4 Å². The molecule has 0 spiro atoms. The normalized spacial score (nSPS) is 13.3. The van der Waals surface area contributed by atoms with Crippen LogP contribution < -0.4 is 0 Å². The first kappa shape index (κ1) is 64.3. The van der Waals surface area contributed by atoms with Gasteiger partial charge in [0, 0.05) is 19.3 Å². The molecule has 0 saturated heterocycles. The molecule has 0 fully saturated rings. The van der Waals surface area contributed by atoms with Gasteiger partial charge in [0.05, 0.1) is 0 Å². The molecule has 0 aliphatic heterocycles. The molecule has 0 N–H and O–H groups in total. The van der Waals surface area contributed by atoms with E-state index in [4.69, 9.17) is 14.2 Å². The number of hydrogen-bond donors (Lipinski definition) is 0. The van der Waals surface area contributed by atoms with Crippen molar-refractivity contribution in [3.05, 3.63) is 146 Å². The lowest BCUT2D eigenvalue weighted by Gasteiger charge is -2.18. The van der Waals surface area contributed by atoms with Gasteiger partial charge in [0.1, 0.15) is 13.2 Å². The van der Waals surface area contributed by atoms with Crippen LogP contribution in [0, 0.1) is 0 Å². The second kappa shape index (κ2) is 55.9. The fraction of sp³-hybridized carbons (Fsp3) is 0.571. The molecule has 6 heteroatoms. The molecule has 0 unspecified atom stereocenters. The van der Waals surface area contributed by atoms with Gasteiger partial charge in [0.25, 0.3) is 0 Å². The summed E-state index contributed by atoms with van der Waals surface area (Å²) in [4.78, 5) is 38.0. The summed E-state index contributed by atoms with van der Waals surface area (Å²) in [6.45, 7) is 6.27. The molecule has 0 rings (SSSR count). The third-order valence-electron chi connectivity index (χ3n) is 10.8. The van der Waals surface area contributed by atoms with Gasteiger partial charge in [-0.15, -0.1) is 0 Å². The Morgan fingerprint density at radius 3 is 1.03 bits per heavy atom.